The van der Waals surface area contributed by atoms with Gasteiger partial charge < -0.3 is 0 Å². The van der Waals surface area contributed by atoms with E-state index in [1.807, 2.05) is 13.8 Å². The van der Waals surface area contributed by atoms with Crippen LogP contribution in [0.2, 0.25) is 0 Å². The molecule has 16 heavy (non-hydrogen) atoms. The molecule has 0 aromatic rings. The molecule has 1 aliphatic rings. The summed E-state index contributed by atoms with van der Waals surface area (Å²) in [6, 6.07) is 0. The molecule has 0 heteroatoms. The highest BCUT2D eigenvalue weighted by Gasteiger charge is 2.09. The van der Waals surface area contributed by atoms with E-state index in [4.69, 9.17) is 0 Å². The quantitative estimate of drug-likeness (QED) is 0.375. The molecule has 0 saturated heterocycles. The minimum atomic E-state index is 1.06. The van der Waals surface area contributed by atoms with Crippen LogP contribution in [0, 0.1) is 5.92 Å². The van der Waals surface area contributed by atoms with Crippen molar-refractivity contribution in [1.29, 1.82) is 0 Å². The molecule has 1 saturated carbocycles. The topological polar surface area (TPSA) is 0 Å². The van der Waals surface area contributed by atoms with Gasteiger partial charge in [-0.05, 0) is 5.92 Å². The highest BCUT2D eigenvalue weighted by molar-refractivity contribution is 4.62. The molecule has 0 radical (unpaired) electrons. The molecule has 0 aromatic carbocycles. The molecule has 0 N–H and O–H groups in total. The lowest BCUT2D eigenvalue weighted by Crippen LogP contribution is -2.04. The second-order valence-corrected chi connectivity index (χ2v) is 4.10. The first-order valence-electron chi connectivity index (χ1n) is 7.31. The standard InChI is InChI=1S/C7H16.C5H10.C2H6.C2H4/c1-3-5-7-6-4-2;1-5-3-2-4-5;2*1-2/h3-7H2,1-2H3;5H,2-4H2,1H3;1-2H3;1-2H2. The maximum absolute atomic E-state index is 3.00. The average Bonchev–Trinajstić information content (AvgIpc) is 2.33. The number of hydrogen-bond donors (Lipinski definition) is 0. The van der Waals surface area contributed by atoms with E-state index < -0.39 is 0 Å². The normalized spacial score (nSPS) is 12.8. The third kappa shape index (κ3) is 23.5. The summed E-state index contributed by atoms with van der Waals surface area (Å²) in [4.78, 5) is 0. The Morgan fingerprint density at radius 2 is 1.19 bits per heavy atom. The lowest BCUT2D eigenvalue weighted by molar-refractivity contribution is 0.346. The summed E-state index contributed by atoms with van der Waals surface area (Å²) in [6.45, 7) is 16.8. The Morgan fingerprint density at radius 3 is 1.31 bits per heavy atom. The van der Waals surface area contributed by atoms with Crippen LogP contribution in [0.1, 0.15) is 86.0 Å². The first kappa shape index (κ1) is 21.1. The highest BCUT2D eigenvalue weighted by atomic mass is 14.1. The van der Waals surface area contributed by atoms with Crippen molar-refractivity contribution in [3.63, 3.8) is 0 Å². The van der Waals surface area contributed by atoms with Gasteiger partial charge in [-0.15, -0.1) is 13.2 Å². The Labute approximate surface area is 106 Å². The summed E-state index contributed by atoms with van der Waals surface area (Å²) in [5.41, 5.74) is 0. The van der Waals surface area contributed by atoms with Crippen LogP contribution in [0.5, 0.6) is 0 Å². The summed E-state index contributed by atoms with van der Waals surface area (Å²) in [7, 11) is 0. The first-order chi connectivity index (χ1) is 7.81. The molecule has 0 amide bonds. The van der Waals surface area contributed by atoms with Gasteiger partial charge in [0.1, 0.15) is 0 Å². The molecule has 0 aliphatic heterocycles. The minimum Gasteiger partial charge on any atom is -0.106 e. The molecule has 0 heterocycles. The van der Waals surface area contributed by atoms with Gasteiger partial charge in [0.2, 0.25) is 0 Å². The molecule has 1 rings (SSSR count). The van der Waals surface area contributed by atoms with Gasteiger partial charge in [0.25, 0.3) is 0 Å². The van der Waals surface area contributed by atoms with Crippen LogP contribution >= 0.6 is 0 Å². The van der Waals surface area contributed by atoms with Crippen molar-refractivity contribution in [2.24, 2.45) is 5.92 Å². The Morgan fingerprint density at radius 1 is 0.875 bits per heavy atom. The fourth-order valence-electron chi connectivity index (χ4n) is 1.29. The summed E-state index contributed by atoms with van der Waals surface area (Å²) < 4.78 is 0. The van der Waals surface area contributed by atoms with Crippen molar-refractivity contribution in [3.8, 4) is 0 Å². The second kappa shape index (κ2) is 24.1. The highest BCUT2D eigenvalue weighted by Crippen LogP contribution is 2.24. The fourth-order valence-corrected chi connectivity index (χ4v) is 1.29. The maximum atomic E-state index is 3.00. The summed E-state index contributed by atoms with van der Waals surface area (Å²) >= 11 is 0. The van der Waals surface area contributed by atoms with Crippen molar-refractivity contribution in [2.75, 3.05) is 0 Å². The van der Waals surface area contributed by atoms with Crippen LogP contribution < -0.4 is 0 Å². The molecule has 0 atom stereocenters. The van der Waals surface area contributed by atoms with E-state index in [-0.39, 0.29) is 0 Å². The van der Waals surface area contributed by atoms with Gasteiger partial charge in [-0.25, -0.2) is 0 Å². The van der Waals surface area contributed by atoms with Gasteiger partial charge in [0, 0.05) is 0 Å². The van der Waals surface area contributed by atoms with Crippen molar-refractivity contribution in [2.45, 2.75) is 86.0 Å². The monoisotopic (exact) mass is 228 g/mol. The third-order valence-corrected chi connectivity index (χ3v) is 2.60. The predicted molar refractivity (Wildman–Crippen MR) is 80.1 cm³/mol. The maximum Gasteiger partial charge on any atom is -0.0443 e. The average molecular weight is 228 g/mol. The Balaban J connectivity index is -0.000000164. The van der Waals surface area contributed by atoms with Gasteiger partial charge in [-0.3, -0.25) is 0 Å². The molecule has 0 spiro atoms. The molecule has 0 nitrogen and oxygen atoms in total. The Hall–Kier alpha value is -0.260. The lowest BCUT2D eigenvalue weighted by atomic mass is 9.88. The first-order valence-corrected chi connectivity index (χ1v) is 7.31. The second-order valence-electron chi connectivity index (χ2n) is 4.10. The van der Waals surface area contributed by atoms with Gasteiger partial charge in [-0.2, -0.15) is 0 Å². The third-order valence-electron chi connectivity index (χ3n) is 2.60. The zero-order valence-electron chi connectivity index (χ0n) is 12.6. The van der Waals surface area contributed by atoms with Gasteiger partial charge in [0.05, 0.1) is 0 Å². The summed E-state index contributed by atoms with van der Waals surface area (Å²) in [5.74, 6) is 1.06. The van der Waals surface area contributed by atoms with E-state index >= 15 is 0 Å². The van der Waals surface area contributed by atoms with Crippen molar-refractivity contribution in [1.82, 2.24) is 0 Å². The summed E-state index contributed by atoms with van der Waals surface area (Å²) in [5, 5.41) is 0. The smallest absolute Gasteiger partial charge is 0.0443 e. The van der Waals surface area contributed by atoms with E-state index in [9.17, 15) is 0 Å². The fraction of sp³-hybridized carbons (Fsp3) is 0.875. The molecule has 0 unspecified atom stereocenters. The number of hydrogen-bond acceptors (Lipinski definition) is 0. The molecular weight excluding hydrogens is 192 g/mol. The van der Waals surface area contributed by atoms with Gasteiger partial charge in [0.15, 0.2) is 0 Å². The van der Waals surface area contributed by atoms with E-state index in [1.54, 1.807) is 0 Å². The van der Waals surface area contributed by atoms with E-state index in [1.165, 1.54) is 51.4 Å². The minimum absolute atomic E-state index is 1.06. The van der Waals surface area contributed by atoms with Crippen LogP contribution in [-0.2, 0) is 0 Å². The number of rotatable bonds is 4. The number of unbranched alkanes of at least 4 members (excludes halogenated alkanes) is 4. The SMILES string of the molecule is C=C.CC.CC1CCC1.CCCCCCC. The van der Waals surface area contributed by atoms with Gasteiger partial charge in [-0.1, -0.05) is 86.0 Å². The molecule has 0 bridgehead atoms. The van der Waals surface area contributed by atoms with Gasteiger partial charge >= 0.3 is 0 Å². The van der Waals surface area contributed by atoms with Crippen LogP contribution in [0.4, 0.5) is 0 Å². The molecule has 100 valence electrons. The van der Waals surface area contributed by atoms with Crippen molar-refractivity contribution >= 4 is 0 Å². The Kier molecular flexibility index (Phi) is 31.8. The zero-order chi connectivity index (χ0) is 13.2. The van der Waals surface area contributed by atoms with E-state index in [2.05, 4.69) is 33.9 Å². The predicted octanol–water partition coefficient (Wildman–Crippen LogP) is 6.61. The van der Waals surface area contributed by atoms with Crippen molar-refractivity contribution < 1.29 is 0 Å². The van der Waals surface area contributed by atoms with E-state index in [0.717, 1.165) is 5.92 Å². The molecule has 1 aliphatic carbocycles. The van der Waals surface area contributed by atoms with Crippen LogP contribution in [0.25, 0.3) is 0 Å². The summed E-state index contributed by atoms with van der Waals surface area (Å²) in [6.07, 6.45) is 11.5. The van der Waals surface area contributed by atoms with E-state index in [0.29, 0.717) is 0 Å². The lowest BCUT2D eigenvalue weighted by Gasteiger charge is -2.18. The van der Waals surface area contributed by atoms with Crippen LogP contribution in [0.3, 0.4) is 0 Å². The largest absolute Gasteiger partial charge is 0.106 e. The Bertz CT molecular complexity index is 78.0. The molecule has 0 aromatic heterocycles. The molecule has 1 fully saturated rings. The molecular formula is C16H36. The van der Waals surface area contributed by atoms with Crippen LogP contribution in [-0.4, -0.2) is 0 Å². The van der Waals surface area contributed by atoms with Crippen LogP contribution in [0.15, 0.2) is 13.2 Å². The zero-order valence-corrected chi connectivity index (χ0v) is 12.6. The van der Waals surface area contributed by atoms with Crippen molar-refractivity contribution in [3.05, 3.63) is 13.2 Å².